The van der Waals surface area contributed by atoms with Crippen LogP contribution in [0.25, 0.3) is 0 Å². The molecule has 0 saturated carbocycles. The molecule has 6 heteroatoms. The van der Waals surface area contributed by atoms with Crippen molar-refractivity contribution in [2.75, 3.05) is 17.6 Å². The summed E-state index contributed by atoms with van der Waals surface area (Å²) in [4.78, 5) is 8.05. The third-order valence-corrected chi connectivity index (χ3v) is 2.32. The molecular weight excluding hydrogens is 204 g/mol. The summed E-state index contributed by atoms with van der Waals surface area (Å²) in [5, 5.41) is 7.23. The molecule has 16 heavy (non-hydrogen) atoms. The average molecular weight is 218 g/mol. The molecule has 2 aromatic heterocycles. The van der Waals surface area contributed by atoms with Crippen LogP contribution in [0.4, 0.5) is 11.6 Å². The standard InChI is InChI=1S/C10H14N6/c1-16-8(3-5-15-16)2-4-13-10-9(11)12-6-7-14-10/h3,5-7H,2,4H2,1H3,(H2,11,12)(H,13,14). The van der Waals surface area contributed by atoms with Gasteiger partial charge in [-0.05, 0) is 6.07 Å². The van der Waals surface area contributed by atoms with E-state index in [2.05, 4.69) is 20.4 Å². The largest absolute Gasteiger partial charge is 0.381 e. The van der Waals surface area contributed by atoms with Crippen molar-refractivity contribution in [3.8, 4) is 0 Å². The number of rotatable bonds is 4. The Morgan fingerprint density at radius 3 is 2.81 bits per heavy atom. The lowest BCUT2D eigenvalue weighted by Crippen LogP contribution is -2.11. The first kappa shape index (κ1) is 10.4. The maximum Gasteiger partial charge on any atom is 0.168 e. The van der Waals surface area contributed by atoms with Gasteiger partial charge in [-0.15, -0.1) is 0 Å². The van der Waals surface area contributed by atoms with Gasteiger partial charge in [-0.2, -0.15) is 5.10 Å². The first-order valence-corrected chi connectivity index (χ1v) is 5.04. The molecule has 84 valence electrons. The molecule has 0 saturated heterocycles. The van der Waals surface area contributed by atoms with E-state index in [-0.39, 0.29) is 0 Å². The second kappa shape index (κ2) is 4.61. The summed E-state index contributed by atoms with van der Waals surface area (Å²) in [6.45, 7) is 0.752. The fourth-order valence-electron chi connectivity index (χ4n) is 1.44. The van der Waals surface area contributed by atoms with E-state index < -0.39 is 0 Å². The number of aryl methyl sites for hydroxylation is 1. The third kappa shape index (κ3) is 2.28. The molecule has 3 N–H and O–H groups in total. The number of nitrogens with one attached hydrogen (secondary N) is 1. The van der Waals surface area contributed by atoms with Gasteiger partial charge in [0.2, 0.25) is 0 Å². The monoisotopic (exact) mass is 218 g/mol. The molecule has 0 bridgehead atoms. The second-order valence-corrected chi connectivity index (χ2v) is 3.41. The number of nitrogens with zero attached hydrogens (tertiary/aromatic N) is 4. The minimum Gasteiger partial charge on any atom is -0.381 e. The van der Waals surface area contributed by atoms with Crippen LogP contribution in [0.3, 0.4) is 0 Å². The quantitative estimate of drug-likeness (QED) is 0.778. The molecule has 0 amide bonds. The Balaban J connectivity index is 1.89. The molecule has 2 heterocycles. The summed E-state index contributed by atoms with van der Waals surface area (Å²) in [6.07, 6.45) is 5.84. The van der Waals surface area contributed by atoms with Crippen LogP contribution >= 0.6 is 0 Å². The minimum absolute atomic E-state index is 0.424. The van der Waals surface area contributed by atoms with Crippen molar-refractivity contribution in [3.05, 3.63) is 30.4 Å². The van der Waals surface area contributed by atoms with Crippen LogP contribution in [0.1, 0.15) is 5.69 Å². The summed E-state index contributed by atoms with van der Waals surface area (Å²) in [6, 6.07) is 1.99. The van der Waals surface area contributed by atoms with Crippen molar-refractivity contribution < 1.29 is 0 Å². The Morgan fingerprint density at radius 2 is 2.12 bits per heavy atom. The molecule has 0 spiro atoms. The maximum atomic E-state index is 5.66. The van der Waals surface area contributed by atoms with Gasteiger partial charge in [0, 0.05) is 44.3 Å². The number of nitrogens with two attached hydrogens (primary N) is 1. The first-order chi connectivity index (χ1) is 7.77. The lowest BCUT2D eigenvalue weighted by atomic mass is 10.3. The van der Waals surface area contributed by atoms with Gasteiger partial charge in [-0.25, -0.2) is 9.97 Å². The summed E-state index contributed by atoms with van der Waals surface area (Å²) < 4.78 is 1.85. The average Bonchev–Trinajstić information content (AvgIpc) is 2.67. The molecule has 0 atom stereocenters. The van der Waals surface area contributed by atoms with E-state index in [0.29, 0.717) is 11.6 Å². The Morgan fingerprint density at radius 1 is 1.31 bits per heavy atom. The van der Waals surface area contributed by atoms with Crippen molar-refractivity contribution in [2.45, 2.75) is 6.42 Å². The highest BCUT2D eigenvalue weighted by Gasteiger charge is 2.01. The lowest BCUT2D eigenvalue weighted by molar-refractivity contribution is 0.711. The zero-order valence-corrected chi connectivity index (χ0v) is 9.09. The highest BCUT2D eigenvalue weighted by Crippen LogP contribution is 2.09. The molecular formula is C10H14N6. The Labute approximate surface area is 93.5 Å². The van der Waals surface area contributed by atoms with Crippen LogP contribution in [0, 0.1) is 0 Å². The Bertz CT molecular complexity index is 464. The molecule has 0 aliphatic heterocycles. The molecule has 0 unspecified atom stereocenters. The molecule has 0 aromatic carbocycles. The third-order valence-electron chi connectivity index (χ3n) is 2.32. The predicted molar refractivity (Wildman–Crippen MR) is 61.8 cm³/mol. The Kier molecular flexibility index (Phi) is 3.00. The number of nitrogen functional groups attached to an aromatic ring is 1. The van der Waals surface area contributed by atoms with Crippen LogP contribution in [0.5, 0.6) is 0 Å². The lowest BCUT2D eigenvalue weighted by Gasteiger charge is -2.06. The normalized spacial score (nSPS) is 10.3. The van der Waals surface area contributed by atoms with Crippen molar-refractivity contribution in [1.82, 2.24) is 19.7 Å². The van der Waals surface area contributed by atoms with Crippen LogP contribution in [-0.4, -0.2) is 26.3 Å². The predicted octanol–water partition coefficient (Wildman–Crippen LogP) is 0.447. The van der Waals surface area contributed by atoms with Gasteiger partial charge in [-0.3, -0.25) is 4.68 Å². The van der Waals surface area contributed by atoms with Gasteiger partial charge < -0.3 is 11.1 Å². The van der Waals surface area contributed by atoms with Gasteiger partial charge in [-0.1, -0.05) is 0 Å². The zero-order valence-electron chi connectivity index (χ0n) is 9.09. The Hall–Kier alpha value is -2.11. The van der Waals surface area contributed by atoms with Gasteiger partial charge in [0.15, 0.2) is 11.6 Å². The van der Waals surface area contributed by atoms with Gasteiger partial charge in [0.1, 0.15) is 0 Å². The highest BCUT2D eigenvalue weighted by atomic mass is 15.3. The first-order valence-electron chi connectivity index (χ1n) is 5.04. The van der Waals surface area contributed by atoms with Crippen LogP contribution in [-0.2, 0) is 13.5 Å². The second-order valence-electron chi connectivity index (χ2n) is 3.41. The minimum atomic E-state index is 0.424. The topological polar surface area (TPSA) is 81.7 Å². The van der Waals surface area contributed by atoms with E-state index in [0.717, 1.165) is 18.7 Å². The van der Waals surface area contributed by atoms with Crippen LogP contribution in [0.2, 0.25) is 0 Å². The van der Waals surface area contributed by atoms with E-state index in [1.165, 1.54) is 0 Å². The summed E-state index contributed by atoms with van der Waals surface area (Å²) >= 11 is 0. The summed E-state index contributed by atoms with van der Waals surface area (Å²) in [7, 11) is 1.92. The van der Waals surface area contributed by atoms with Crippen molar-refractivity contribution in [2.24, 2.45) is 7.05 Å². The maximum absolute atomic E-state index is 5.66. The number of hydrogen-bond acceptors (Lipinski definition) is 5. The van der Waals surface area contributed by atoms with Crippen LogP contribution in [0.15, 0.2) is 24.7 Å². The molecule has 0 radical (unpaired) electrons. The number of aromatic nitrogens is 4. The fourth-order valence-corrected chi connectivity index (χ4v) is 1.44. The van der Waals surface area contributed by atoms with Gasteiger partial charge in [0.25, 0.3) is 0 Å². The number of anilines is 2. The van der Waals surface area contributed by atoms with E-state index in [4.69, 9.17) is 5.73 Å². The van der Waals surface area contributed by atoms with E-state index in [1.807, 2.05) is 17.8 Å². The molecule has 0 aliphatic carbocycles. The SMILES string of the molecule is Cn1nccc1CCNc1nccnc1N. The molecule has 6 nitrogen and oxygen atoms in total. The van der Waals surface area contributed by atoms with E-state index >= 15 is 0 Å². The smallest absolute Gasteiger partial charge is 0.168 e. The van der Waals surface area contributed by atoms with Gasteiger partial charge >= 0.3 is 0 Å². The molecule has 0 fully saturated rings. The fraction of sp³-hybridized carbons (Fsp3) is 0.300. The molecule has 2 rings (SSSR count). The number of hydrogen-bond donors (Lipinski definition) is 2. The zero-order chi connectivity index (χ0) is 11.4. The summed E-state index contributed by atoms with van der Waals surface area (Å²) in [5.74, 6) is 1.05. The van der Waals surface area contributed by atoms with E-state index in [1.54, 1.807) is 18.6 Å². The van der Waals surface area contributed by atoms with Crippen LogP contribution < -0.4 is 11.1 Å². The van der Waals surface area contributed by atoms with Crippen molar-refractivity contribution in [3.63, 3.8) is 0 Å². The van der Waals surface area contributed by atoms with E-state index in [9.17, 15) is 0 Å². The molecule has 2 aromatic rings. The van der Waals surface area contributed by atoms with Gasteiger partial charge in [0.05, 0.1) is 0 Å². The summed E-state index contributed by atoms with van der Waals surface area (Å²) in [5.41, 5.74) is 6.82. The molecule has 0 aliphatic rings. The van der Waals surface area contributed by atoms with Crippen molar-refractivity contribution >= 4 is 11.6 Å². The van der Waals surface area contributed by atoms with Crippen molar-refractivity contribution in [1.29, 1.82) is 0 Å². The highest BCUT2D eigenvalue weighted by molar-refractivity contribution is 5.54.